The zero-order valence-corrected chi connectivity index (χ0v) is 36.9. The van der Waals surface area contributed by atoms with Crippen LogP contribution in [0, 0.1) is 19.1 Å². The van der Waals surface area contributed by atoms with Crippen LogP contribution in [-0.2, 0) is 20.2 Å². The summed E-state index contributed by atoms with van der Waals surface area (Å²) in [6.45, 7) is 3.16. The van der Waals surface area contributed by atoms with E-state index in [2.05, 4.69) is 15.1 Å². The molecule has 0 unspecified atom stereocenters. The average Bonchev–Trinajstić information content (AvgIpc) is 3.84. The van der Waals surface area contributed by atoms with Crippen LogP contribution in [0.4, 0.5) is 11.4 Å². The molecule has 19 heteroatoms. The van der Waals surface area contributed by atoms with Crippen LogP contribution in [0.15, 0.2) is 106 Å². The Hall–Kier alpha value is -3.01. The zero-order chi connectivity index (χ0) is 36.5. The molecule has 0 saturated carbocycles. The van der Waals surface area contributed by atoms with E-state index in [0.29, 0.717) is 63.4 Å². The van der Waals surface area contributed by atoms with E-state index in [0.717, 1.165) is 49.0 Å². The summed E-state index contributed by atoms with van der Waals surface area (Å²) in [4.78, 5) is 13.8. The van der Waals surface area contributed by atoms with E-state index in [1.165, 1.54) is 11.3 Å². The zero-order valence-electron chi connectivity index (χ0n) is 28.8. The number of aryl methyl sites for hydroxylation is 2. The molecule has 54 heavy (non-hydrogen) atoms. The van der Waals surface area contributed by atoms with E-state index in [-0.39, 0.29) is 68.9 Å². The van der Waals surface area contributed by atoms with Gasteiger partial charge in [0.25, 0.3) is 0 Å². The topological polar surface area (TPSA) is 191 Å². The summed E-state index contributed by atoms with van der Waals surface area (Å²) < 4.78 is 73.0. The summed E-state index contributed by atoms with van der Waals surface area (Å²) >= 11 is 3.72. The standard InChI is InChI=1S/C35H23N5O7S5.2Na/c1-18-3-14-26-29(31(18)51(42,43)44)49-34(37-26)20-5-10-23(11-6-20)39-40(41)24-12-7-21(8-13-24)33-36-25-16-9-22(17-28(25)48-33)35-38-27-15-4-19(2)32(30(27)50-35)52(45,46)47;;/h3-17H,1-2H3,(H,42,43,44)(H,45,46,47);;/q;2*+1/p-2. The van der Waals surface area contributed by atoms with E-state index in [4.69, 9.17) is 4.98 Å². The predicted molar refractivity (Wildman–Crippen MR) is 200 cm³/mol. The molecule has 0 N–H and O–H groups in total. The van der Waals surface area contributed by atoms with E-state index in [9.17, 15) is 31.1 Å². The fourth-order valence-corrected chi connectivity index (χ4v) is 11.3. The van der Waals surface area contributed by atoms with Crippen LogP contribution in [0.3, 0.4) is 0 Å². The molecule has 0 bridgehead atoms. The van der Waals surface area contributed by atoms with Crippen molar-refractivity contribution in [1.82, 2.24) is 15.0 Å². The third-order valence-corrected chi connectivity index (χ3v) is 13.9. The van der Waals surface area contributed by atoms with Gasteiger partial charge >= 0.3 is 59.1 Å². The van der Waals surface area contributed by atoms with Gasteiger partial charge in [-0.1, -0.05) is 17.0 Å². The van der Waals surface area contributed by atoms with Crippen LogP contribution in [0.25, 0.3) is 62.4 Å². The second-order valence-electron chi connectivity index (χ2n) is 11.7. The van der Waals surface area contributed by atoms with Gasteiger partial charge in [0.15, 0.2) is 0 Å². The van der Waals surface area contributed by atoms with Crippen molar-refractivity contribution < 1.29 is 89.9 Å². The van der Waals surface area contributed by atoms with Crippen molar-refractivity contribution >= 4 is 96.3 Å². The Morgan fingerprint density at radius 1 is 0.574 bits per heavy atom. The Labute approximate surface area is 365 Å². The van der Waals surface area contributed by atoms with Gasteiger partial charge < -0.3 is 14.3 Å². The Morgan fingerprint density at radius 3 is 1.52 bits per heavy atom. The molecule has 8 aromatic rings. The molecule has 0 radical (unpaired) electrons. The molecule has 0 aliphatic heterocycles. The number of benzene rings is 5. The SMILES string of the molecule is Cc1ccc2nc(-c3ccc(N=[N+]([O-])c4ccc(-c5nc6ccc(-c7nc8ccc(C)c(S(=O)(=O)[O-])c8s7)cc6s5)cc4)cc3)sc2c1S(=O)(=O)[O-].[Na+].[Na+]. The summed E-state index contributed by atoms with van der Waals surface area (Å²) in [7, 11) is -9.36. The Balaban J connectivity index is 0.00000249. The molecule has 0 fully saturated rings. The number of azo groups is 1. The van der Waals surface area contributed by atoms with Crippen LogP contribution < -0.4 is 59.1 Å². The van der Waals surface area contributed by atoms with Crippen LogP contribution in [0.1, 0.15) is 11.1 Å². The Kier molecular flexibility index (Phi) is 11.7. The monoisotopic (exact) mass is 829 g/mol. The maximum absolute atomic E-state index is 13.0. The Morgan fingerprint density at radius 2 is 1.00 bits per heavy atom. The molecule has 0 aliphatic rings. The van der Waals surface area contributed by atoms with Gasteiger partial charge in [-0.25, -0.2) is 31.8 Å². The van der Waals surface area contributed by atoms with E-state index in [1.807, 2.05) is 18.2 Å². The number of fused-ring (bicyclic) bond motifs is 3. The predicted octanol–water partition coefficient (Wildman–Crippen LogP) is 2.88. The average molecular weight is 830 g/mol. The second kappa shape index (κ2) is 15.5. The summed E-state index contributed by atoms with van der Waals surface area (Å²) in [5, 5.41) is 18.9. The van der Waals surface area contributed by atoms with Gasteiger partial charge in [0.1, 0.15) is 40.9 Å². The van der Waals surface area contributed by atoms with E-state index < -0.39 is 20.2 Å². The first-order valence-electron chi connectivity index (χ1n) is 15.3. The molecular formula is C35H21N5Na2O7S5. The first kappa shape index (κ1) is 40.6. The molecule has 3 heterocycles. The normalized spacial score (nSPS) is 12.3. The second-order valence-corrected chi connectivity index (χ2v) is 17.4. The largest absolute Gasteiger partial charge is 1.00 e. The summed E-state index contributed by atoms with van der Waals surface area (Å²) in [5.41, 5.74) is 5.28. The van der Waals surface area contributed by atoms with Crippen molar-refractivity contribution in [3.63, 3.8) is 0 Å². The van der Waals surface area contributed by atoms with Crippen LogP contribution in [0.2, 0.25) is 0 Å². The first-order chi connectivity index (χ1) is 24.7. The van der Waals surface area contributed by atoms with Gasteiger partial charge in [0.2, 0.25) is 5.69 Å². The third kappa shape index (κ3) is 7.84. The molecule has 3 aromatic heterocycles. The minimum atomic E-state index is -4.68. The summed E-state index contributed by atoms with van der Waals surface area (Å²) in [5.74, 6) is 0. The van der Waals surface area contributed by atoms with Crippen molar-refractivity contribution in [3.05, 3.63) is 107 Å². The van der Waals surface area contributed by atoms with Crippen LogP contribution >= 0.6 is 34.0 Å². The maximum Gasteiger partial charge on any atom is 1.00 e. The number of aromatic nitrogens is 3. The number of thiazole rings is 3. The van der Waals surface area contributed by atoms with Crippen molar-refractivity contribution in [1.29, 1.82) is 0 Å². The third-order valence-electron chi connectivity index (χ3n) is 8.21. The van der Waals surface area contributed by atoms with E-state index in [1.54, 1.807) is 86.6 Å². The van der Waals surface area contributed by atoms with Gasteiger partial charge in [-0.15, -0.1) is 34.0 Å². The molecule has 5 aromatic carbocycles. The molecule has 8 rings (SSSR count). The molecule has 12 nitrogen and oxygen atoms in total. The van der Waals surface area contributed by atoms with Crippen molar-refractivity contribution in [2.24, 2.45) is 5.11 Å². The fourth-order valence-electron chi connectivity index (χ4n) is 5.75. The molecule has 260 valence electrons. The quantitative estimate of drug-likeness (QED) is 0.0759. The molecule has 0 spiro atoms. The maximum atomic E-state index is 13.0. The minimum Gasteiger partial charge on any atom is -0.744 e. The molecule has 0 aliphatic carbocycles. The fraction of sp³-hybridized carbons (Fsp3) is 0.0571. The summed E-state index contributed by atoms with van der Waals surface area (Å²) in [6, 6.07) is 25.7. The van der Waals surface area contributed by atoms with E-state index >= 15 is 0 Å². The van der Waals surface area contributed by atoms with Gasteiger partial charge in [0, 0.05) is 33.9 Å². The number of nitrogens with zero attached hydrogens (tertiary/aromatic N) is 5. The van der Waals surface area contributed by atoms with Crippen molar-refractivity contribution in [2.45, 2.75) is 23.6 Å². The molecule has 0 saturated heterocycles. The van der Waals surface area contributed by atoms with Gasteiger partial charge in [-0.2, -0.15) is 0 Å². The molecular weight excluding hydrogens is 809 g/mol. The van der Waals surface area contributed by atoms with Crippen molar-refractivity contribution in [2.75, 3.05) is 0 Å². The number of hydrogen-bond donors (Lipinski definition) is 0. The first-order valence-corrected chi connectivity index (χ1v) is 20.5. The number of rotatable bonds is 7. The number of hydrogen-bond acceptors (Lipinski definition) is 14. The van der Waals surface area contributed by atoms with Crippen LogP contribution in [-0.4, -0.2) is 45.8 Å². The Bertz CT molecular complexity index is 3000. The van der Waals surface area contributed by atoms with Crippen LogP contribution in [0.5, 0.6) is 0 Å². The van der Waals surface area contributed by atoms with Crippen molar-refractivity contribution in [3.8, 4) is 31.7 Å². The summed E-state index contributed by atoms with van der Waals surface area (Å²) in [6.07, 6.45) is 0. The smallest absolute Gasteiger partial charge is 0.744 e. The van der Waals surface area contributed by atoms with Gasteiger partial charge in [-0.3, -0.25) is 0 Å². The minimum absolute atomic E-state index is 0. The molecule has 0 amide bonds. The van der Waals surface area contributed by atoms with Gasteiger partial charge in [0.05, 0.1) is 40.4 Å². The van der Waals surface area contributed by atoms with Gasteiger partial charge in [-0.05, 0) is 91.7 Å². The molecule has 0 atom stereocenters.